The standard InChI is InChI=1S/C14H18Br3NO/c1-4-19-12-7-11(14(12,2)3)18-13-9(16)5-8(15)6-10(13)17/h5-6,11-12,18H,4,7H2,1-3H3. The minimum absolute atomic E-state index is 0.155. The summed E-state index contributed by atoms with van der Waals surface area (Å²) in [5, 5.41) is 3.63. The van der Waals surface area contributed by atoms with Crippen molar-refractivity contribution < 1.29 is 4.74 Å². The molecule has 5 heteroatoms. The molecule has 0 spiro atoms. The molecule has 0 saturated heterocycles. The highest BCUT2D eigenvalue weighted by Gasteiger charge is 2.49. The molecule has 0 heterocycles. The van der Waals surface area contributed by atoms with Crippen molar-refractivity contribution in [1.29, 1.82) is 0 Å². The second-order valence-electron chi connectivity index (χ2n) is 5.44. The zero-order chi connectivity index (χ0) is 14.2. The van der Waals surface area contributed by atoms with E-state index in [1.165, 1.54) is 0 Å². The predicted octanol–water partition coefficient (Wildman–Crippen LogP) is 5.59. The van der Waals surface area contributed by atoms with Gasteiger partial charge in [-0.1, -0.05) is 29.8 Å². The van der Waals surface area contributed by atoms with Crippen molar-refractivity contribution in [3.05, 3.63) is 25.6 Å². The molecule has 1 aliphatic rings. The molecule has 2 rings (SSSR count). The molecule has 1 N–H and O–H groups in total. The van der Waals surface area contributed by atoms with Crippen LogP contribution in [0.3, 0.4) is 0 Å². The van der Waals surface area contributed by atoms with Crippen LogP contribution >= 0.6 is 47.8 Å². The smallest absolute Gasteiger partial charge is 0.0665 e. The molecule has 0 bridgehead atoms. The van der Waals surface area contributed by atoms with Gasteiger partial charge in [-0.2, -0.15) is 0 Å². The zero-order valence-electron chi connectivity index (χ0n) is 11.3. The van der Waals surface area contributed by atoms with E-state index in [1.54, 1.807) is 0 Å². The van der Waals surface area contributed by atoms with Gasteiger partial charge in [-0.25, -0.2) is 0 Å². The van der Waals surface area contributed by atoms with E-state index < -0.39 is 0 Å². The van der Waals surface area contributed by atoms with E-state index in [9.17, 15) is 0 Å². The van der Waals surface area contributed by atoms with E-state index in [4.69, 9.17) is 4.74 Å². The number of benzene rings is 1. The molecular weight excluding hydrogens is 438 g/mol. The molecule has 19 heavy (non-hydrogen) atoms. The van der Waals surface area contributed by atoms with Crippen LogP contribution < -0.4 is 5.32 Å². The van der Waals surface area contributed by atoms with Crippen molar-refractivity contribution in [2.24, 2.45) is 5.41 Å². The third-order valence-corrected chi connectivity index (χ3v) is 5.58. The highest BCUT2D eigenvalue weighted by molar-refractivity contribution is 9.11. The van der Waals surface area contributed by atoms with E-state index in [0.29, 0.717) is 12.1 Å². The molecule has 1 aromatic carbocycles. The topological polar surface area (TPSA) is 21.3 Å². The fraction of sp³-hybridized carbons (Fsp3) is 0.571. The maximum absolute atomic E-state index is 5.77. The molecule has 0 radical (unpaired) electrons. The lowest BCUT2D eigenvalue weighted by atomic mass is 9.64. The third kappa shape index (κ3) is 3.20. The van der Waals surface area contributed by atoms with Crippen molar-refractivity contribution in [2.45, 2.75) is 39.3 Å². The maximum Gasteiger partial charge on any atom is 0.0665 e. The predicted molar refractivity (Wildman–Crippen MR) is 90.8 cm³/mol. The molecule has 2 nitrogen and oxygen atoms in total. The molecule has 0 aromatic heterocycles. The number of hydrogen-bond acceptors (Lipinski definition) is 2. The second kappa shape index (κ2) is 6.04. The fourth-order valence-corrected chi connectivity index (χ4v) is 4.96. The fourth-order valence-electron chi connectivity index (χ4n) is 2.47. The van der Waals surface area contributed by atoms with Crippen molar-refractivity contribution in [3.63, 3.8) is 0 Å². The van der Waals surface area contributed by atoms with Crippen molar-refractivity contribution in [2.75, 3.05) is 11.9 Å². The van der Waals surface area contributed by atoms with Gasteiger partial charge in [0.05, 0.1) is 11.8 Å². The normalized spacial score (nSPS) is 24.9. The Morgan fingerprint density at radius 3 is 2.32 bits per heavy atom. The van der Waals surface area contributed by atoms with Gasteiger partial charge in [0.25, 0.3) is 0 Å². The number of ether oxygens (including phenoxy) is 1. The third-order valence-electron chi connectivity index (χ3n) is 3.87. The van der Waals surface area contributed by atoms with Crippen molar-refractivity contribution in [1.82, 2.24) is 0 Å². The Kier molecular flexibility index (Phi) is 5.02. The Hall–Kier alpha value is 0.420. The molecule has 2 atom stereocenters. The molecule has 2 unspecified atom stereocenters. The summed E-state index contributed by atoms with van der Waals surface area (Å²) in [7, 11) is 0. The van der Waals surface area contributed by atoms with E-state index in [-0.39, 0.29) is 5.41 Å². The molecule has 1 aliphatic carbocycles. The second-order valence-corrected chi connectivity index (χ2v) is 8.07. The van der Waals surface area contributed by atoms with Crippen LogP contribution in [-0.4, -0.2) is 18.8 Å². The summed E-state index contributed by atoms with van der Waals surface area (Å²) in [5.41, 5.74) is 1.26. The van der Waals surface area contributed by atoms with Gasteiger partial charge in [-0.05, 0) is 57.3 Å². The maximum atomic E-state index is 5.77. The van der Waals surface area contributed by atoms with Gasteiger partial charge in [-0.3, -0.25) is 0 Å². The molecular formula is C14H18Br3NO. The summed E-state index contributed by atoms with van der Waals surface area (Å²) >= 11 is 10.7. The SMILES string of the molecule is CCOC1CC(Nc2c(Br)cc(Br)cc2Br)C1(C)C. The molecule has 0 amide bonds. The molecule has 106 valence electrons. The van der Waals surface area contributed by atoms with E-state index >= 15 is 0 Å². The van der Waals surface area contributed by atoms with Crippen molar-refractivity contribution in [3.8, 4) is 0 Å². The number of halogens is 3. The zero-order valence-corrected chi connectivity index (χ0v) is 16.0. The Morgan fingerprint density at radius 1 is 1.26 bits per heavy atom. The number of hydrogen-bond donors (Lipinski definition) is 1. The average Bonchev–Trinajstić information content (AvgIpc) is 2.30. The number of anilines is 1. The molecule has 1 fully saturated rings. The van der Waals surface area contributed by atoms with Crippen LogP contribution in [0.15, 0.2) is 25.6 Å². The summed E-state index contributed by atoms with van der Waals surface area (Å²) in [4.78, 5) is 0. The Balaban J connectivity index is 2.12. The first-order valence-corrected chi connectivity index (χ1v) is 8.76. The minimum atomic E-state index is 0.155. The Morgan fingerprint density at radius 2 is 1.84 bits per heavy atom. The molecule has 1 saturated carbocycles. The minimum Gasteiger partial charge on any atom is -0.380 e. The summed E-state index contributed by atoms with van der Waals surface area (Å²) in [6.07, 6.45) is 1.40. The number of rotatable bonds is 4. The Bertz CT molecular complexity index is 453. The van der Waals surface area contributed by atoms with Crippen LogP contribution in [0.2, 0.25) is 0 Å². The Labute approximate surface area is 140 Å². The summed E-state index contributed by atoms with van der Waals surface area (Å²) in [6, 6.07) is 4.54. The highest BCUT2D eigenvalue weighted by atomic mass is 79.9. The van der Waals surface area contributed by atoms with Gasteiger partial charge in [-0.15, -0.1) is 0 Å². The van der Waals surface area contributed by atoms with Gasteiger partial charge in [0.1, 0.15) is 0 Å². The van der Waals surface area contributed by atoms with Crippen LogP contribution in [0.1, 0.15) is 27.2 Å². The van der Waals surface area contributed by atoms with Gasteiger partial charge in [0, 0.05) is 31.5 Å². The van der Waals surface area contributed by atoms with Gasteiger partial charge in [0.15, 0.2) is 0 Å². The first-order chi connectivity index (χ1) is 8.86. The van der Waals surface area contributed by atoms with Gasteiger partial charge >= 0.3 is 0 Å². The monoisotopic (exact) mass is 453 g/mol. The van der Waals surface area contributed by atoms with Crippen LogP contribution in [0, 0.1) is 5.41 Å². The lowest BCUT2D eigenvalue weighted by Gasteiger charge is -2.52. The number of nitrogens with one attached hydrogen (secondary N) is 1. The van der Waals surface area contributed by atoms with Crippen LogP contribution in [0.4, 0.5) is 5.69 Å². The van der Waals surface area contributed by atoms with Crippen LogP contribution in [0.5, 0.6) is 0 Å². The largest absolute Gasteiger partial charge is 0.380 e. The lowest BCUT2D eigenvalue weighted by Crippen LogP contribution is -2.58. The summed E-state index contributed by atoms with van der Waals surface area (Å²) in [6.45, 7) is 7.36. The van der Waals surface area contributed by atoms with Crippen LogP contribution in [-0.2, 0) is 4.74 Å². The van der Waals surface area contributed by atoms with E-state index in [1.807, 2.05) is 0 Å². The van der Waals surface area contributed by atoms with E-state index in [2.05, 4.69) is 86.0 Å². The van der Waals surface area contributed by atoms with Gasteiger partial charge in [0.2, 0.25) is 0 Å². The molecule has 0 aliphatic heterocycles. The van der Waals surface area contributed by atoms with E-state index in [0.717, 1.165) is 32.1 Å². The molecule has 1 aromatic rings. The van der Waals surface area contributed by atoms with Crippen molar-refractivity contribution >= 4 is 53.5 Å². The first kappa shape index (κ1) is 15.8. The van der Waals surface area contributed by atoms with Crippen LogP contribution in [0.25, 0.3) is 0 Å². The summed E-state index contributed by atoms with van der Waals surface area (Å²) < 4.78 is 8.94. The highest BCUT2D eigenvalue weighted by Crippen LogP contribution is 2.46. The summed E-state index contributed by atoms with van der Waals surface area (Å²) in [5.74, 6) is 0. The average molecular weight is 456 g/mol. The first-order valence-electron chi connectivity index (χ1n) is 6.39. The van der Waals surface area contributed by atoms with Gasteiger partial charge < -0.3 is 10.1 Å². The lowest BCUT2D eigenvalue weighted by molar-refractivity contribution is -0.0976. The quantitative estimate of drug-likeness (QED) is 0.639.